The van der Waals surface area contributed by atoms with Crippen LogP contribution in [0.1, 0.15) is 0 Å². The van der Waals surface area contributed by atoms with E-state index in [4.69, 9.17) is 0 Å². The first-order valence-electron chi connectivity index (χ1n) is 2.75. The number of H-pyrrole nitrogens is 1. The quantitative estimate of drug-likeness (QED) is 0.583. The number of rotatable bonds is 1. The van der Waals surface area contributed by atoms with Crippen LogP contribution in [-0.4, -0.2) is 16.9 Å². The Morgan fingerprint density at radius 1 is 1.45 bits per heavy atom. The summed E-state index contributed by atoms with van der Waals surface area (Å²) in [6, 6.07) is 0. The first-order valence-corrected chi connectivity index (χ1v) is 2.75. The van der Waals surface area contributed by atoms with Gasteiger partial charge in [0.1, 0.15) is 0 Å². The Balaban J connectivity index is 3.09. The van der Waals surface area contributed by atoms with Crippen LogP contribution in [0.3, 0.4) is 0 Å². The molecule has 7 heteroatoms. The molecule has 0 unspecified atom stereocenters. The zero-order valence-electron chi connectivity index (χ0n) is 5.22. The number of nitrogens with zero attached hydrogens (tertiary/aromatic N) is 1. The summed E-state index contributed by atoms with van der Waals surface area (Å²) in [6.45, 7) is -5.05. The summed E-state index contributed by atoms with van der Waals surface area (Å²) in [5, 5.41) is 0. The Labute approximate surface area is 59.3 Å². The van der Waals surface area contributed by atoms with Crippen LogP contribution < -0.4 is 11.2 Å². The standard InChI is InChI=1S/C4H3BF3N2O/c6-5(7,8)3-1-9-4(11)10-2-3/h1-2H,(H,9,10,11)/q-1. The van der Waals surface area contributed by atoms with E-state index in [2.05, 4.69) is 4.98 Å². The Bertz CT molecular complexity index is 286. The lowest BCUT2D eigenvalue weighted by Gasteiger charge is -2.12. The summed E-state index contributed by atoms with van der Waals surface area (Å²) in [5.74, 6) is 0. The molecular formula is C4H3BF3N2O-. The maximum absolute atomic E-state index is 11.8. The van der Waals surface area contributed by atoms with Crippen molar-refractivity contribution in [1.29, 1.82) is 0 Å². The normalized spacial score (nSPS) is 11.5. The van der Waals surface area contributed by atoms with Crippen LogP contribution in [0.25, 0.3) is 0 Å². The highest BCUT2D eigenvalue weighted by Crippen LogP contribution is 2.05. The molecule has 0 bridgehead atoms. The fourth-order valence-corrected chi connectivity index (χ4v) is 0.532. The van der Waals surface area contributed by atoms with E-state index in [9.17, 15) is 17.7 Å². The van der Waals surface area contributed by atoms with E-state index in [1.807, 2.05) is 4.98 Å². The maximum atomic E-state index is 11.8. The molecule has 60 valence electrons. The van der Waals surface area contributed by atoms with Crippen molar-refractivity contribution in [2.24, 2.45) is 0 Å². The van der Waals surface area contributed by atoms with Gasteiger partial charge in [0.05, 0.1) is 0 Å². The largest absolute Gasteiger partial charge is 0.512 e. The predicted molar refractivity (Wildman–Crippen MR) is 33.6 cm³/mol. The van der Waals surface area contributed by atoms with Gasteiger partial charge >= 0.3 is 12.7 Å². The minimum absolute atomic E-state index is 0.513. The van der Waals surface area contributed by atoms with Crippen molar-refractivity contribution in [1.82, 2.24) is 9.97 Å². The SMILES string of the molecule is O=c1ncc([B-](F)(F)F)c[nH]1. The summed E-state index contributed by atoms with van der Waals surface area (Å²) in [7, 11) is 0. The third-order valence-corrected chi connectivity index (χ3v) is 1.07. The molecule has 1 heterocycles. The Morgan fingerprint density at radius 3 is 2.45 bits per heavy atom. The second-order valence-electron chi connectivity index (χ2n) is 1.93. The van der Waals surface area contributed by atoms with Crippen LogP contribution in [0, 0.1) is 0 Å². The summed E-state index contributed by atoms with van der Waals surface area (Å²) in [6.07, 6.45) is 1.12. The van der Waals surface area contributed by atoms with E-state index in [0.717, 1.165) is 0 Å². The fraction of sp³-hybridized carbons (Fsp3) is 0. The molecule has 0 aliphatic rings. The van der Waals surface area contributed by atoms with Crippen LogP contribution in [-0.2, 0) is 0 Å². The summed E-state index contributed by atoms with van der Waals surface area (Å²) in [4.78, 5) is 15.0. The lowest BCUT2D eigenvalue weighted by molar-refractivity contribution is 0.500. The van der Waals surface area contributed by atoms with Crippen LogP contribution in [0.5, 0.6) is 0 Å². The van der Waals surface area contributed by atoms with E-state index >= 15 is 0 Å². The van der Waals surface area contributed by atoms with Crippen LogP contribution >= 0.6 is 0 Å². The van der Waals surface area contributed by atoms with Gasteiger partial charge < -0.3 is 17.9 Å². The van der Waals surface area contributed by atoms with Gasteiger partial charge in [0.15, 0.2) is 0 Å². The number of halogens is 3. The average Bonchev–Trinajstić information content (AvgIpc) is 1.86. The fourth-order valence-electron chi connectivity index (χ4n) is 0.532. The lowest BCUT2D eigenvalue weighted by Crippen LogP contribution is -2.36. The van der Waals surface area contributed by atoms with Crippen molar-refractivity contribution in [3.63, 3.8) is 0 Å². The zero-order chi connectivity index (χ0) is 8.48. The second kappa shape index (κ2) is 2.41. The van der Waals surface area contributed by atoms with Crippen molar-refractivity contribution in [2.75, 3.05) is 0 Å². The van der Waals surface area contributed by atoms with E-state index in [0.29, 0.717) is 12.4 Å². The minimum atomic E-state index is -5.05. The summed E-state index contributed by atoms with van der Waals surface area (Å²) in [5.41, 5.74) is -1.68. The van der Waals surface area contributed by atoms with Gasteiger partial charge in [-0.05, 0) is 6.20 Å². The smallest absolute Gasteiger partial charge is 0.445 e. The molecule has 0 amide bonds. The Morgan fingerprint density at radius 2 is 2.09 bits per heavy atom. The van der Waals surface area contributed by atoms with Crippen LogP contribution in [0.4, 0.5) is 12.9 Å². The molecule has 0 saturated heterocycles. The molecule has 0 fully saturated rings. The highest BCUT2D eigenvalue weighted by molar-refractivity contribution is 6.73. The molecule has 1 N–H and O–H groups in total. The lowest BCUT2D eigenvalue weighted by atomic mass is 9.83. The monoisotopic (exact) mass is 163 g/mol. The Kier molecular flexibility index (Phi) is 1.72. The van der Waals surface area contributed by atoms with Gasteiger partial charge in [-0.25, -0.2) is 9.78 Å². The van der Waals surface area contributed by atoms with Crippen molar-refractivity contribution >= 4 is 12.4 Å². The van der Waals surface area contributed by atoms with Crippen molar-refractivity contribution < 1.29 is 12.9 Å². The molecule has 0 aliphatic carbocycles. The summed E-state index contributed by atoms with van der Waals surface area (Å²) >= 11 is 0. The highest BCUT2D eigenvalue weighted by atomic mass is 19.4. The molecule has 1 aromatic heterocycles. The van der Waals surface area contributed by atoms with Gasteiger partial charge in [-0.3, -0.25) is 0 Å². The third-order valence-electron chi connectivity index (χ3n) is 1.07. The van der Waals surface area contributed by atoms with Crippen molar-refractivity contribution in [3.8, 4) is 0 Å². The molecule has 11 heavy (non-hydrogen) atoms. The van der Waals surface area contributed by atoms with Crippen LogP contribution in [0.15, 0.2) is 17.2 Å². The molecule has 0 atom stereocenters. The number of nitrogens with one attached hydrogen (secondary N) is 1. The highest BCUT2D eigenvalue weighted by Gasteiger charge is 2.25. The molecule has 0 radical (unpaired) electrons. The van der Waals surface area contributed by atoms with E-state index in [1.54, 1.807) is 0 Å². The molecule has 0 aliphatic heterocycles. The van der Waals surface area contributed by atoms with E-state index < -0.39 is 18.1 Å². The topological polar surface area (TPSA) is 45.8 Å². The second-order valence-corrected chi connectivity index (χ2v) is 1.93. The number of hydrogen-bond acceptors (Lipinski definition) is 2. The van der Waals surface area contributed by atoms with E-state index in [1.165, 1.54) is 0 Å². The zero-order valence-corrected chi connectivity index (χ0v) is 5.22. The van der Waals surface area contributed by atoms with E-state index in [-0.39, 0.29) is 0 Å². The molecule has 1 rings (SSSR count). The van der Waals surface area contributed by atoms with Gasteiger partial charge in [0.2, 0.25) is 0 Å². The number of hydrogen-bond donors (Lipinski definition) is 1. The first-order chi connectivity index (χ1) is 5.00. The average molecular weight is 163 g/mol. The van der Waals surface area contributed by atoms with Gasteiger partial charge in [0.25, 0.3) is 0 Å². The molecule has 1 aromatic rings. The van der Waals surface area contributed by atoms with Crippen molar-refractivity contribution in [3.05, 3.63) is 22.9 Å². The van der Waals surface area contributed by atoms with Crippen LogP contribution in [0.2, 0.25) is 0 Å². The van der Waals surface area contributed by atoms with Gasteiger partial charge in [0, 0.05) is 6.20 Å². The van der Waals surface area contributed by atoms with Gasteiger partial charge in [-0.1, -0.05) is 5.46 Å². The number of aromatic nitrogens is 2. The number of aromatic amines is 1. The Hall–Kier alpha value is -1.27. The first kappa shape index (κ1) is 7.84. The third kappa shape index (κ3) is 1.82. The van der Waals surface area contributed by atoms with Gasteiger partial charge in [-0.2, -0.15) is 0 Å². The summed E-state index contributed by atoms with van der Waals surface area (Å²) < 4.78 is 35.5. The van der Waals surface area contributed by atoms with Gasteiger partial charge in [-0.15, -0.1) is 0 Å². The minimum Gasteiger partial charge on any atom is -0.445 e. The van der Waals surface area contributed by atoms with Crippen molar-refractivity contribution in [2.45, 2.75) is 0 Å². The molecular weight excluding hydrogens is 160 g/mol. The molecule has 0 aromatic carbocycles. The molecule has 0 saturated carbocycles. The molecule has 3 nitrogen and oxygen atoms in total. The maximum Gasteiger partial charge on any atom is 0.512 e. The predicted octanol–water partition coefficient (Wildman–Crippen LogP) is -0.176. The molecule has 0 spiro atoms.